The summed E-state index contributed by atoms with van der Waals surface area (Å²) in [6.45, 7) is 1.49. The van der Waals surface area contributed by atoms with Gasteiger partial charge in [-0.25, -0.2) is 9.69 Å². The third-order valence-corrected chi connectivity index (χ3v) is 6.92. The Hall–Kier alpha value is -2.28. The summed E-state index contributed by atoms with van der Waals surface area (Å²) < 4.78 is 10.9. The van der Waals surface area contributed by atoms with Gasteiger partial charge < -0.3 is 14.8 Å². The first kappa shape index (κ1) is 18.7. The highest BCUT2D eigenvalue weighted by Crippen LogP contribution is 2.39. The maximum absolute atomic E-state index is 13.3. The van der Waals surface area contributed by atoms with Gasteiger partial charge in [-0.15, -0.1) is 0 Å². The predicted octanol–water partition coefficient (Wildman–Crippen LogP) is 3.54. The van der Waals surface area contributed by atoms with Gasteiger partial charge in [0.05, 0.1) is 6.67 Å². The molecule has 3 fully saturated rings. The van der Waals surface area contributed by atoms with E-state index in [0.717, 1.165) is 75.0 Å². The second kappa shape index (κ2) is 7.52. The molecule has 0 radical (unpaired) electrons. The summed E-state index contributed by atoms with van der Waals surface area (Å²) in [7, 11) is 0. The molecule has 1 aromatic rings. The zero-order valence-corrected chi connectivity index (χ0v) is 16.8. The quantitative estimate of drug-likeness (QED) is 0.787. The van der Waals surface area contributed by atoms with Crippen molar-refractivity contribution in [1.82, 2.24) is 15.1 Å². The number of nitrogens with one attached hydrogen (secondary N) is 1. The highest BCUT2D eigenvalue weighted by molar-refractivity contribution is 6.07. The van der Waals surface area contributed by atoms with Crippen molar-refractivity contribution < 1.29 is 19.1 Å². The van der Waals surface area contributed by atoms with Gasteiger partial charge in [0.2, 0.25) is 6.79 Å². The number of amides is 3. The molecule has 1 spiro atoms. The number of carbonyl (C=O) groups is 2. The highest BCUT2D eigenvalue weighted by atomic mass is 16.7. The monoisotopic (exact) mass is 399 g/mol. The lowest BCUT2D eigenvalue weighted by Gasteiger charge is -2.31. The van der Waals surface area contributed by atoms with Crippen LogP contribution in [0.5, 0.6) is 11.5 Å². The fraction of sp³-hybridized carbons (Fsp3) is 0.636. The SMILES string of the molecule is O=C1NC2(CCCCCCC2)C(=O)N1CN1CCCC1c1ccc2c(c1)OCO2. The largest absolute Gasteiger partial charge is 0.454 e. The number of rotatable bonds is 3. The molecule has 3 aliphatic heterocycles. The van der Waals surface area contributed by atoms with Crippen molar-refractivity contribution in [3.05, 3.63) is 23.8 Å². The number of urea groups is 1. The standard InChI is InChI=1S/C22H29N3O4/c26-20-22(10-4-2-1-3-5-11-22)23-21(27)25(20)14-24-12-6-7-17(24)16-8-9-18-19(13-16)29-15-28-18/h8-9,13,17H,1-7,10-12,14-15H2,(H,23,27). The fourth-order valence-electron chi connectivity index (χ4n) is 5.33. The number of fused-ring (bicyclic) bond motifs is 1. The van der Waals surface area contributed by atoms with E-state index in [9.17, 15) is 9.59 Å². The van der Waals surface area contributed by atoms with E-state index in [1.807, 2.05) is 12.1 Å². The summed E-state index contributed by atoms with van der Waals surface area (Å²) in [6.07, 6.45) is 9.10. The summed E-state index contributed by atoms with van der Waals surface area (Å²) in [6, 6.07) is 6.00. The Morgan fingerprint density at radius 3 is 2.59 bits per heavy atom. The molecule has 156 valence electrons. The first-order chi connectivity index (χ1) is 14.2. The second-order valence-electron chi connectivity index (χ2n) is 8.74. The van der Waals surface area contributed by atoms with Crippen LogP contribution in [0.3, 0.4) is 0 Å². The van der Waals surface area contributed by atoms with Gasteiger partial charge in [-0.05, 0) is 43.4 Å². The molecule has 0 aromatic heterocycles. The molecule has 5 rings (SSSR count). The van der Waals surface area contributed by atoms with E-state index in [1.54, 1.807) is 0 Å². The van der Waals surface area contributed by atoms with Crippen LogP contribution in [0.4, 0.5) is 4.79 Å². The number of benzene rings is 1. The molecular formula is C22H29N3O4. The van der Waals surface area contributed by atoms with Crippen LogP contribution in [0.25, 0.3) is 0 Å². The molecular weight excluding hydrogens is 370 g/mol. The van der Waals surface area contributed by atoms with Gasteiger partial charge in [0.15, 0.2) is 11.5 Å². The molecule has 7 nitrogen and oxygen atoms in total. The summed E-state index contributed by atoms with van der Waals surface area (Å²) in [5.41, 5.74) is 0.477. The van der Waals surface area contributed by atoms with Crippen molar-refractivity contribution in [3.63, 3.8) is 0 Å². The fourth-order valence-corrected chi connectivity index (χ4v) is 5.33. The minimum atomic E-state index is -0.675. The summed E-state index contributed by atoms with van der Waals surface area (Å²) in [5.74, 6) is 1.53. The van der Waals surface area contributed by atoms with Crippen molar-refractivity contribution in [3.8, 4) is 11.5 Å². The van der Waals surface area contributed by atoms with Crippen LogP contribution in [0.15, 0.2) is 18.2 Å². The molecule has 1 unspecified atom stereocenters. The van der Waals surface area contributed by atoms with E-state index in [2.05, 4.69) is 16.3 Å². The van der Waals surface area contributed by atoms with Crippen molar-refractivity contribution in [2.75, 3.05) is 20.0 Å². The van der Waals surface area contributed by atoms with Gasteiger partial charge >= 0.3 is 6.03 Å². The number of imide groups is 1. The molecule has 0 bridgehead atoms. The first-order valence-corrected chi connectivity index (χ1v) is 10.9. The first-order valence-electron chi connectivity index (χ1n) is 10.9. The normalized spacial score (nSPS) is 26.6. The lowest BCUT2D eigenvalue weighted by Crippen LogP contribution is -2.48. The molecule has 1 saturated carbocycles. The highest BCUT2D eigenvalue weighted by Gasteiger charge is 2.51. The van der Waals surface area contributed by atoms with E-state index in [-0.39, 0.29) is 24.8 Å². The van der Waals surface area contributed by atoms with E-state index in [1.165, 1.54) is 11.3 Å². The lowest BCUT2D eigenvalue weighted by molar-refractivity contribution is -0.133. The molecule has 3 heterocycles. The molecule has 1 atom stereocenters. The van der Waals surface area contributed by atoms with E-state index in [4.69, 9.17) is 9.47 Å². The zero-order chi connectivity index (χ0) is 19.8. The number of likely N-dealkylation sites (tertiary alicyclic amines) is 1. The Balaban J connectivity index is 1.32. The molecule has 29 heavy (non-hydrogen) atoms. The van der Waals surface area contributed by atoms with Gasteiger partial charge in [0.25, 0.3) is 5.91 Å². The van der Waals surface area contributed by atoms with Crippen LogP contribution in [-0.4, -0.2) is 47.3 Å². The van der Waals surface area contributed by atoms with Gasteiger partial charge in [0, 0.05) is 12.6 Å². The molecule has 7 heteroatoms. The minimum absolute atomic E-state index is 0.0271. The van der Waals surface area contributed by atoms with Crippen molar-refractivity contribution in [1.29, 1.82) is 0 Å². The van der Waals surface area contributed by atoms with Crippen LogP contribution >= 0.6 is 0 Å². The number of hydrogen-bond acceptors (Lipinski definition) is 5. The Morgan fingerprint density at radius 2 is 1.76 bits per heavy atom. The third kappa shape index (κ3) is 3.35. The van der Waals surface area contributed by atoms with E-state index >= 15 is 0 Å². The molecule has 2 saturated heterocycles. The summed E-state index contributed by atoms with van der Waals surface area (Å²) in [4.78, 5) is 29.8. The number of ether oxygens (including phenoxy) is 2. The number of hydrogen-bond donors (Lipinski definition) is 1. The lowest BCUT2D eigenvalue weighted by atomic mass is 9.84. The average molecular weight is 399 g/mol. The van der Waals surface area contributed by atoms with Crippen LogP contribution < -0.4 is 14.8 Å². The summed E-state index contributed by atoms with van der Waals surface area (Å²) >= 11 is 0. The van der Waals surface area contributed by atoms with E-state index < -0.39 is 5.54 Å². The minimum Gasteiger partial charge on any atom is -0.454 e. The molecule has 1 aliphatic carbocycles. The Bertz CT molecular complexity index is 803. The smallest absolute Gasteiger partial charge is 0.326 e. The predicted molar refractivity (Wildman–Crippen MR) is 107 cm³/mol. The zero-order valence-electron chi connectivity index (χ0n) is 16.8. The van der Waals surface area contributed by atoms with E-state index in [0.29, 0.717) is 6.67 Å². The Morgan fingerprint density at radius 1 is 1.00 bits per heavy atom. The maximum atomic E-state index is 13.3. The summed E-state index contributed by atoms with van der Waals surface area (Å²) in [5, 5.41) is 3.07. The average Bonchev–Trinajstić information content (AvgIpc) is 3.40. The van der Waals surface area contributed by atoms with Crippen LogP contribution in [-0.2, 0) is 4.79 Å². The second-order valence-corrected chi connectivity index (χ2v) is 8.74. The van der Waals surface area contributed by atoms with Crippen LogP contribution in [0.2, 0.25) is 0 Å². The molecule has 1 N–H and O–H groups in total. The molecule has 4 aliphatic rings. The number of carbonyl (C=O) groups excluding carboxylic acids is 2. The van der Waals surface area contributed by atoms with Crippen LogP contribution in [0.1, 0.15) is 69.4 Å². The van der Waals surface area contributed by atoms with Crippen molar-refractivity contribution in [2.45, 2.75) is 69.4 Å². The molecule has 3 amide bonds. The van der Waals surface area contributed by atoms with Gasteiger partial charge in [-0.3, -0.25) is 9.69 Å². The topological polar surface area (TPSA) is 71.1 Å². The Labute approximate surface area is 171 Å². The van der Waals surface area contributed by atoms with Gasteiger partial charge in [0.1, 0.15) is 5.54 Å². The third-order valence-electron chi connectivity index (χ3n) is 6.92. The van der Waals surface area contributed by atoms with Crippen molar-refractivity contribution in [2.24, 2.45) is 0 Å². The van der Waals surface area contributed by atoms with Gasteiger partial charge in [-0.1, -0.05) is 38.2 Å². The Kier molecular flexibility index (Phi) is 4.86. The maximum Gasteiger partial charge on any atom is 0.326 e. The van der Waals surface area contributed by atoms with Crippen LogP contribution in [0, 0.1) is 0 Å². The van der Waals surface area contributed by atoms with Gasteiger partial charge in [-0.2, -0.15) is 0 Å². The number of nitrogens with zero attached hydrogens (tertiary/aromatic N) is 2. The molecule has 1 aromatic carbocycles. The van der Waals surface area contributed by atoms with Crippen molar-refractivity contribution >= 4 is 11.9 Å².